The third-order valence-electron chi connectivity index (χ3n) is 6.99. The van der Waals surface area contributed by atoms with Gasteiger partial charge in [-0.05, 0) is 83.7 Å². The molecule has 160 valence electrons. The summed E-state index contributed by atoms with van der Waals surface area (Å²) in [5.74, 6) is 0.0742. The molecule has 0 radical (unpaired) electrons. The number of nitrogens with zero attached hydrogens (tertiary/aromatic N) is 4. The Kier molecular flexibility index (Phi) is 6.73. The Morgan fingerprint density at radius 2 is 1.52 bits per heavy atom. The van der Waals surface area contributed by atoms with E-state index in [4.69, 9.17) is 0 Å². The quantitative estimate of drug-likeness (QED) is 0.835. The molecule has 1 amide bonds. The summed E-state index contributed by atoms with van der Waals surface area (Å²) in [6.07, 6.45) is 4.78. The average Bonchev–Trinajstić information content (AvgIpc) is 2.75. The second-order valence-corrected chi connectivity index (χ2v) is 9.18. The maximum atomic E-state index is 12.8. The summed E-state index contributed by atoms with van der Waals surface area (Å²) in [6, 6.07) is 9.14. The number of piperidine rings is 2. The molecule has 1 aromatic rings. The van der Waals surface area contributed by atoms with Crippen LogP contribution >= 0.6 is 0 Å². The topological polar surface area (TPSA) is 42.1 Å². The molecular formula is C23H37N5O. The monoisotopic (exact) mass is 399 g/mol. The molecule has 29 heavy (non-hydrogen) atoms. The van der Waals surface area contributed by atoms with Crippen LogP contribution in [0.4, 0.5) is 5.69 Å². The molecule has 3 heterocycles. The lowest BCUT2D eigenvalue weighted by Gasteiger charge is -2.41. The second kappa shape index (κ2) is 9.45. The normalized spacial score (nSPS) is 25.9. The van der Waals surface area contributed by atoms with Gasteiger partial charge in [0, 0.05) is 56.1 Å². The fourth-order valence-electron chi connectivity index (χ4n) is 4.97. The molecule has 4 rings (SSSR count). The molecule has 0 spiro atoms. The first-order valence-corrected chi connectivity index (χ1v) is 11.4. The lowest BCUT2D eigenvalue weighted by Crippen LogP contribution is -2.53. The van der Waals surface area contributed by atoms with Gasteiger partial charge in [-0.3, -0.25) is 9.69 Å². The van der Waals surface area contributed by atoms with Crippen LogP contribution in [0.15, 0.2) is 24.3 Å². The molecule has 0 saturated carbocycles. The van der Waals surface area contributed by atoms with E-state index in [0.29, 0.717) is 6.04 Å². The van der Waals surface area contributed by atoms with E-state index in [1.807, 2.05) is 12.1 Å². The Morgan fingerprint density at radius 1 is 0.862 bits per heavy atom. The van der Waals surface area contributed by atoms with Crippen molar-refractivity contribution in [2.45, 2.75) is 37.8 Å². The van der Waals surface area contributed by atoms with Gasteiger partial charge < -0.3 is 20.0 Å². The van der Waals surface area contributed by atoms with Gasteiger partial charge >= 0.3 is 0 Å². The van der Waals surface area contributed by atoms with Crippen molar-refractivity contribution in [2.24, 2.45) is 0 Å². The molecule has 1 N–H and O–H groups in total. The molecule has 1 aromatic carbocycles. The van der Waals surface area contributed by atoms with E-state index in [0.717, 1.165) is 44.7 Å². The highest BCUT2D eigenvalue weighted by molar-refractivity contribution is 5.94. The van der Waals surface area contributed by atoms with Gasteiger partial charge in [0.1, 0.15) is 0 Å². The van der Waals surface area contributed by atoms with Gasteiger partial charge in [-0.2, -0.15) is 0 Å². The number of likely N-dealkylation sites (N-methyl/N-ethyl adjacent to an activating group) is 1. The van der Waals surface area contributed by atoms with Gasteiger partial charge in [-0.1, -0.05) is 0 Å². The minimum Gasteiger partial charge on any atom is -0.369 e. The summed E-state index contributed by atoms with van der Waals surface area (Å²) >= 11 is 0. The highest BCUT2D eigenvalue weighted by atomic mass is 16.1. The first-order valence-electron chi connectivity index (χ1n) is 11.4. The largest absolute Gasteiger partial charge is 0.369 e. The third kappa shape index (κ3) is 5.30. The zero-order valence-electron chi connectivity index (χ0n) is 18.1. The summed E-state index contributed by atoms with van der Waals surface area (Å²) in [6.45, 7) is 8.86. The first-order chi connectivity index (χ1) is 14.1. The fraction of sp³-hybridized carbons (Fsp3) is 0.696. The lowest BCUT2D eigenvalue weighted by atomic mass is 9.98. The summed E-state index contributed by atoms with van der Waals surface area (Å²) in [7, 11) is 4.38. The number of amides is 1. The standard InChI is InChI=1S/C23H37N5O/c1-25-12-9-22(10-13-25)28-11-3-4-20(18-28)24-23(29)19-5-7-21(8-6-19)27-16-14-26(2)15-17-27/h5-8,20,22H,3-4,9-18H2,1-2H3,(H,24,29)/t20-/m1/s1. The van der Waals surface area contributed by atoms with Crippen LogP contribution in [0.3, 0.4) is 0 Å². The minimum absolute atomic E-state index is 0.0742. The van der Waals surface area contributed by atoms with E-state index in [-0.39, 0.29) is 11.9 Å². The minimum atomic E-state index is 0.0742. The molecule has 6 heteroatoms. The van der Waals surface area contributed by atoms with Crippen molar-refractivity contribution in [3.05, 3.63) is 29.8 Å². The molecule has 0 aromatic heterocycles. The highest BCUT2D eigenvalue weighted by Gasteiger charge is 2.28. The summed E-state index contributed by atoms with van der Waals surface area (Å²) in [5.41, 5.74) is 2.00. The molecule has 3 aliphatic rings. The number of benzene rings is 1. The summed E-state index contributed by atoms with van der Waals surface area (Å²) in [4.78, 5) is 22.6. The maximum Gasteiger partial charge on any atom is 0.251 e. The Hall–Kier alpha value is -1.63. The molecule has 0 unspecified atom stereocenters. The van der Waals surface area contributed by atoms with Crippen LogP contribution in [0.2, 0.25) is 0 Å². The number of piperazine rings is 1. The number of hydrogen-bond donors (Lipinski definition) is 1. The predicted molar refractivity (Wildman–Crippen MR) is 119 cm³/mol. The molecule has 6 nitrogen and oxygen atoms in total. The molecule has 3 saturated heterocycles. The molecule has 0 aliphatic carbocycles. The zero-order chi connectivity index (χ0) is 20.2. The van der Waals surface area contributed by atoms with Crippen molar-refractivity contribution >= 4 is 11.6 Å². The maximum absolute atomic E-state index is 12.8. The van der Waals surface area contributed by atoms with Gasteiger partial charge in [0.2, 0.25) is 0 Å². The number of likely N-dealkylation sites (tertiary alicyclic amines) is 2. The third-order valence-corrected chi connectivity index (χ3v) is 6.99. The van der Waals surface area contributed by atoms with Crippen LogP contribution in [-0.2, 0) is 0 Å². The SMILES string of the molecule is CN1CCC(N2CCC[C@@H](NC(=O)c3ccc(N4CCN(C)CC4)cc3)C2)CC1. The van der Waals surface area contributed by atoms with Crippen LogP contribution in [0.1, 0.15) is 36.0 Å². The van der Waals surface area contributed by atoms with E-state index < -0.39 is 0 Å². The number of anilines is 1. The van der Waals surface area contributed by atoms with Gasteiger partial charge in [-0.25, -0.2) is 0 Å². The van der Waals surface area contributed by atoms with Crippen molar-refractivity contribution in [1.82, 2.24) is 20.0 Å². The molecule has 3 aliphatic heterocycles. The summed E-state index contributed by atoms with van der Waals surface area (Å²) in [5, 5.41) is 3.31. The number of rotatable bonds is 4. The second-order valence-electron chi connectivity index (χ2n) is 9.18. The fourth-order valence-corrected chi connectivity index (χ4v) is 4.97. The zero-order valence-corrected chi connectivity index (χ0v) is 18.1. The Balaban J connectivity index is 1.29. The highest BCUT2D eigenvalue weighted by Crippen LogP contribution is 2.21. The number of carbonyl (C=O) groups excluding carboxylic acids is 1. The van der Waals surface area contributed by atoms with E-state index in [1.165, 1.54) is 44.6 Å². The molecule has 0 bridgehead atoms. The summed E-state index contributed by atoms with van der Waals surface area (Å²) < 4.78 is 0. The van der Waals surface area contributed by atoms with Crippen molar-refractivity contribution in [3.63, 3.8) is 0 Å². The van der Waals surface area contributed by atoms with Crippen LogP contribution < -0.4 is 10.2 Å². The van der Waals surface area contributed by atoms with Crippen molar-refractivity contribution in [1.29, 1.82) is 0 Å². The van der Waals surface area contributed by atoms with Crippen molar-refractivity contribution in [2.75, 3.05) is 71.4 Å². The Morgan fingerprint density at radius 3 is 2.21 bits per heavy atom. The van der Waals surface area contributed by atoms with Crippen molar-refractivity contribution in [3.8, 4) is 0 Å². The van der Waals surface area contributed by atoms with E-state index in [2.05, 4.69) is 51.1 Å². The smallest absolute Gasteiger partial charge is 0.251 e. The number of hydrogen-bond acceptors (Lipinski definition) is 5. The van der Waals surface area contributed by atoms with E-state index in [1.54, 1.807) is 0 Å². The first kappa shape index (κ1) is 20.6. The molecule has 3 fully saturated rings. The van der Waals surface area contributed by atoms with Crippen LogP contribution in [0, 0.1) is 0 Å². The van der Waals surface area contributed by atoms with Gasteiger partial charge in [0.25, 0.3) is 5.91 Å². The van der Waals surface area contributed by atoms with Crippen LogP contribution in [-0.4, -0.2) is 99.1 Å². The van der Waals surface area contributed by atoms with Crippen molar-refractivity contribution < 1.29 is 4.79 Å². The Labute approximate surface area is 175 Å². The predicted octanol–water partition coefficient (Wildman–Crippen LogP) is 1.73. The number of carbonyl (C=O) groups is 1. The van der Waals surface area contributed by atoms with E-state index >= 15 is 0 Å². The van der Waals surface area contributed by atoms with E-state index in [9.17, 15) is 4.79 Å². The van der Waals surface area contributed by atoms with Crippen LogP contribution in [0.25, 0.3) is 0 Å². The molecule has 1 atom stereocenters. The van der Waals surface area contributed by atoms with Gasteiger partial charge in [0.15, 0.2) is 0 Å². The van der Waals surface area contributed by atoms with Gasteiger partial charge in [0.05, 0.1) is 0 Å². The lowest BCUT2D eigenvalue weighted by molar-refractivity contribution is 0.0766. The Bertz CT molecular complexity index is 662. The number of nitrogens with one attached hydrogen (secondary N) is 1. The molecular weight excluding hydrogens is 362 g/mol. The average molecular weight is 400 g/mol. The van der Waals surface area contributed by atoms with Crippen LogP contribution in [0.5, 0.6) is 0 Å². The van der Waals surface area contributed by atoms with Gasteiger partial charge in [-0.15, -0.1) is 0 Å².